The second kappa shape index (κ2) is 9.64. The lowest BCUT2D eigenvalue weighted by Gasteiger charge is -2.31. The van der Waals surface area contributed by atoms with E-state index in [0.29, 0.717) is 41.7 Å². The number of rotatable bonds is 5. The Bertz CT molecular complexity index is 1170. The molecule has 9 nitrogen and oxygen atoms in total. The van der Waals surface area contributed by atoms with E-state index in [4.69, 9.17) is 4.52 Å². The van der Waals surface area contributed by atoms with E-state index >= 15 is 0 Å². The van der Waals surface area contributed by atoms with E-state index < -0.39 is 0 Å². The van der Waals surface area contributed by atoms with Crippen molar-refractivity contribution in [2.45, 2.75) is 32.6 Å². The molecule has 0 radical (unpaired) electrons. The van der Waals surface area contributed by atoms with Gasteiger partial charge in [-0.1, -0.05) is 11.2 Å². The molecule has 1 aromatic heterocycles. The fourth-order valence-electron chi connectivity index (χ4n) is 3.90. The summed E-state index contributed by atoms with van der Waals surface area (Å²) in [6.45, 7) is 4.01. The van der Waals surface area contributed by atoms with Gasteiger partial charge in [0.2, 0.25) is 23.5 Å². The zero-order valence-electron chi connectivity index (χ0n) is 18.5. The average Bonchev–Trinajstić information content (AvgIpc) is 3.29. The average molecular weight is 447 g/mol. The highest BCUT2D eigenvalue weighted by Crippen LogP contribution is 2.29. The lowest BCUT2D eigenvalue weighted by molar-refractivity contribution is -0.115. The van der Waals surface area contributed by atoms with Crippen LogP contribution in [-0.2, 0) is 9.59 Å². The van der Waals surface area contributed by atoms with Crippen molar-refractivity contribution in [1.82, 2.24) is 15.0 Å². The Kier molecular flexibility index (Phi) is 6.48. The molecule has 2 N–H and O–H groups in total. The fourth-order valence-corrected chi connectivity index (χ4v) is 3.90. The van der Waals surface area contributed by atoms with E-state index in [9.17, 15) is 14.4 Å². The number of nitrogens with zero attached hydrogens (tertiary/aromatic N) is 3. The summed E-state index contributed by atoms with van der Waals surface area (Å²) in [4.78, 5) is 41.9. The van der Waals surface area contributed by atoms with Crippen molar-refractivity contribution in [3.63, 3.8) is 0 Å². The molecule has 0 bridgehead atoms. The van der Waals surface area contributed by atoms with Crippen molar-refractivity contribution < 1.29 is 18.9 Å². The first-order valence-corrected chi connectivity index (χ1v) is 10.8. The van der Waals surface area contributed by atoms with E-state index in [1.165, 1.54) is 13.8 Å². The lowest BCUT2D eigenvalue weighted by atomic mass is 9.97. The van der Waals surface area contributed by atoms with Gasteiger partial charge in [0.15, 0.2) is 0 Å². The van der Waals surface area contributed by atoms with Crippen LogP contribution in [-0.4, -0.2) is 45.9 Å². The van der Waals surface area contributed by atoms with Crippen LogP contribution in [0.2, 0.25) is 0 Å². The maximum Gasteiger partial charge on any atom is 0.253 e. The van der Waals surface area contributed by atoms with Crippen molar-refractivity contribution >= 4 is 29.1 Å². The molecule has 3 amide bonds. The Labute approximate surface area is 191 Å². The number of carbonyl (C=O) groups is 3. The summed E-state index contributed by atoms with van der Waals surface area (Å²) >= 11 is 0. The minimum absolute atomic E-state index is 0.0545. The molecule has 1 saturated heterocycles. The standard InChI is InChI=1S/C24H25N5O4/c1-15(30)25-20-10-8-17(9-11-20)22-27-23(33-28-22)19-6-4-12-29(14-19)24(32)18-5-3-7-21(13-18)26-16(2)31/h3,5,7-11,13,19H,4,6,12,14H2,1-2H3,(H,25,30)(H,26,31)/t19-/m1/s1. The van der Waals surface area contributed by atoms with Gasteiger partial charge in [0, 0.05) is 49.4 Å². The van der Waals surface area contributed by atoms with Gasteiger partial charge >= 0.3 is 0 Å². The first-order valence-electron chi connectivity index (χ1n) is 10.8. The predicted molar refractivity (Wildman–Crippen MR) is 123 cm³/mol. The van der Waals surface area contributed by atoms with Gasteiger partial charge < -0.3 is 20.1 Å². The van der Waals surface area contributed by atoms with Gasteiger partial charge in [-0.3, -0.25) is 14.4 Å². The van der Waals surface area contributed by atoms with Gasteiger partial charge in [0.25, 0.3) is 5.91 Å². The predicted octanol–water partition coefficient (Wildman–Crippen LogP) is 3.67. The number of likely N-dealkylation sites (tertiary alicyclic amines) is 1. The molecule has 1 atom stereocenters. The van der Waals surface area contributed by atoms with Gasteiger partial charge in [-0.05, 0) is 55.3 Å². The molecule has 1 aliphatic rings. The van der Waals surface area contributed by atoms with Crippen molar-refractivity contribution in [3.05, 3.63) is 60.0 Å². The normalized spacial score (nSPS) is 15.7. The monoisotopic (exact) mass is 447 g/mol. The molecular weight excluding hydrogens is 422 g/mol. The Hall–Kier alpha value is -4.01. The fraction of sp³-hybridized carbons (Fsp3) is 0.292. The van der Waals surface area contributed by atoms with Gasteiger partial charge in [0.1, 0.15) is 0 Å². The van der Waals surface area contributed by atoms with Crippen LogP contribution >= 0.6 is 0 Å². The van der Waals surface area contributed by atoms with Crippen molar-refractivity contribution in [3.8, 4) is 11.4 Å². The molecule has 33 heavy (non-hydrogen) atoms. The molecule has 2 heterocycles. The quantitative estimate of drug-likeness (QED) is 0.616. The van der Waals surface area contributed by atoms with E-state index in [1.807, 2.05) is 12.1 Å². The highest BCUT2D eigenvalue weighted by Gasteiger charge is 2.29. The third-order valence-electron chi connectivity index (χ3n) is 5.39. The van der Waals surface area contributed by atoms with Crippen LogP contribution in [0.1, 0.15) is 48.9 Å². The third-order valence-corrected chi connectivity index (χ3v) is 5.39. The lowest BCUT2D eigenvalue weighted by Crippen LogP contribution is -2.39. The number of hydrogen-bond donors (Lipinski definition) is 2. The number of aromatic nitrogens is 2. The van der Waals surface area contributed by atoms with Crippen LogP contribution in [0.5, 0.6) is 0 Å². The number of benzene rings is 2. The van der Waals surface area contributed by atoms with Crippen LogP contribution in [0.25, 0.3) is 11.4 Å². The molecule has 0 aliphatic carbocycles. The van der Waals surface area contributed by atoms with Crippen LogP contribution in [0.4, 0.5) is 11.4 Å². The molecule has 1 aliphatic heterocycles. The molecule has 4 rings (SSSR count). The summed E-state index contributed by atoms with van der Waals surface area (Å²) in [7, 11) is 0. The topological polar surface area (TPSA) is 117 Å². The van der Waals surface area contributed by atoms with E-state index in [-0.39, 0.29) is 23.6 Å². The van der Waals surface area contributed by atoms with Crippen LogP contribution in [0.3, 0.4) is 0 Å². The highest BCUT2D eigenvalue weighted by molar-refractivity contribution is 5.97. The Morgan fingerprint density at radius 3 is 2.45 bits per heavy atom. The number of piperidine rings is 1. The van der Waals surface area contributed by atoms with Crippen LogP contribution in [0, 0.1) is 0 Å². The zero-order chi connectivity index (χ0) is 23.4. The summed E-state index contributed by atoms with van der Waals surface area (Å²) in [5.41, 5.74) is 2.58. The summed E-state index contributed by atoms with van der Waals surface area (Å²) < 4.78 is 5.53. The Morgan fingerprint density at radius 1 is 1.00 bits per heavy atom. The number of hydrogen-bond acceptors (Lipinski definition) is 6. The van der Waals surface area contributed by atoms with Crippen molar-refractivity contribution in [2.24, 2.45) is 0 Å². The van der Waals surface area contributed by atoms with Crippen molar-refractivity contribution in [2.75, 3.05) is 23.7 Å². The minimum atomic E-state index is -0.186. The van der Waals surface area contributed by atoms with E-state index in [1.54, 1.807) is 41.3 Å². The van der Waals surface area contributed by atoms with Crippen LogP contribution < -0.4 is 10.6 Å². The molecule has 3 aromatic rings. The maximum absolute atomic E-state index is 13.1. The Balaban J connectivity index is 1.45. The number of nitrogens with one attached hydrogen (secondary N) is 2. The molecule has 0 saturated carbocycles. The minimum Gasteiger partial charge on any atom is -0.339 e. The van der Waals surface area contributed by atoms with Gasteiger partial charge in [-0.2, -0.15) is 4.98 Å². The van der Waals surface area contributed by atoms with Gasteiger partial charge in [-0.15, -0.1) is 0 Å². The van der Waals surface area contributed by atoms with E-state index in [2.05, 4.69) is 20.8 Å². The number of carbonyl (C=O) groups excluding carboxylic acids is 3. The molecule has 2 aromatic carbocycles. The summed E-state index contributed by atoms with van der Waals surface area (Å²) in [6, 6.07) is 14.1. The molecule has 9 heteroatoms. The largest absolute Gasteiger partial charge is 0.339 e. The van der Waals surface area contributed by atoms with E-state index in [0.717, 1.165) is 18.4 Å². The second-order valence-corrected chi connectivity index (χ2v) is 8.07. The molecule has 0 spiro atoms. The highest BCUT2D eigenvalue weighted by atomic mass is 16.5. The molecular formula is C24H25N5O4. The smallest absolute Gasteiger partial charge is 0.253 e. The SMILES string of the molecule is CC(=O)Nc1ccc(-c2noc([C@@H]3CCCN(C(=O)c4cccc(NC(C)=O)c4)C3)n2)cc1. The molecule has 1 fully saturated rings. The van der Waals surface area contributed by atoms with Crippen molar-refractivity contribution in [1.29, 1.82) is 0 Å². The Morgan fingerprint density at radius 2 is 1.73 bits per heavy atom. The summed E-state index contributed by atoms with van der Waals surface area (Å²) in [5, 5.41) is 9.53. The summed E-state index contributed by atoms with van der Waals surface area (Å²) in [5.74, 6) is 0.491. The molecule has 170 valence electrons. The molecule has 0 unspecified atom stereocenters. The summed E-state index contributed by atoms with van der Waals surface area (Å²) in [6.07, 6.45) is 1.67. The maximum atomic E-state index is 13.1. The number of amides is 3. The first kappa shape index (κ1) is 22.2. The third kappa shape index (κ3) is 5.43. The first-order chi connectivity index (χ1) is 15.9. The zero-order valence-corrected chi connectivity index (χ0v) is 18.5. The second-order valence-electron chi connectivity index (χ2n) is 8.07. The van der Waals surface area contributed by atoms with Crippen LogP contribution in [0.15, 0.2) is 53.1 Å². The number of anilines is 2. The van der Waals surface area contributed by atoms with Gasteiger partial charge in [-0.25, -0.2) is 0 Å². The van der Waals surface area contributed by atoms with Gasteiger partial charge in [0.05, 0.1) is 5.92 Å².